The van der Waals surface area contributed by atoms with Crippen molar-refractivity contribution in [3.63, 3.8) is 0 Å². The van der Waals surface area contributed by atoms with Crippen molar-refractivity contribution in [3.8, 4) is 21.8 Å². The van der Waals surface area contributed by atoms with Crippen LogP contribution in [0.25, 0.3) is 21.8 Å². The van der Waals surface area contributed by atoms with Crippen LogP contribution >= 0.6 is 11.3 Å². The number of hydrogen-bond donors (Lipinski definition) is 1. The summed E-state index contributed by atoms with van der Waals surface area (Å²) in [6.07, 6.45) is 1.68. The fraction of sp³-hybridized carbons (Fsp3) is 0.0952. The Morgan fingerprint density at radius 2 is 1.86 bits per heavy atom. The molecular weight excluding hydrogens is 386 g/mol. The molecule has 1 aromatic carbocycles. The zero-order valence-corrected chi connectivity index (χ0v) is 16.4. The minimum atomic E-state index is -0.283. The molecule has 0 fully saturated rings. The monoisotopic (exact) mass is 403 g/mol. The van der Waals surface area contributed by atoms with E-state index in [4.69, 9.17) is 0 Å². The predicted molar refractivity (Wildman–Crippen MR) is 111 cm³/mol. The van der Waals surface area contributed by atoms with Gasteiger partial charge >= 0.3 is 0 Å². The van der Waals surface area contributed by atoms with Crippen LogP contribution in [0.3, 0.4) is 0 Å². The molecule has 3 aromatic heterocycles. The summed E-state index contributed by atoms with van der Waals surface area (Å²) >= 11 is 1.24. The molecule has 4 rings (SSSR count). The molecule has 0 saturated heterocycles. The lowest BCUT2D eigenvalue weighted by molar-refractivity contribution is 0.0950. The van der Waals surface area contributed by atoms with Gasteiger partial charge in [-0.25, -0.2) is 9.67 Å². The van der Waals surface area contributed by atoms with E-state index in [1.165, 1.54) is 22.1 Å². The average molecular weight is 403 g/mol. The van der Waals surface area contributed by atoms with E-state index < -0.39 is 0 Å². The molecule has 29 heavy (non-hydrogen) atoms. The zero-order valence-electron chi connectivity index (χ0n) is 15.6. The minimum absolute atomic E-state index is 0.201. The standard InChI is InChI=1S/C21H17N5O2S/c1-26-17(27)11-10-16(25-26)19-18(14-7-3-2-4-8-14)24-21(29-19)20(28)23-13-15-9-5-6-12-22-15/h2-12H,13H2,1H3,(H,23,28). The van der Waals surface area contributed by atoms with Gasteiger partial charge < -0.3 is 5.32 Å². The number of nitrogens with one attached hydrogen (secondary N) is 1. The van der Waals surface area contributed by atoms with Crippen LogP contribution in [0.5, 0.6) is 0 Å². The van der Waals surface area contributed by atoms with Crippen molar-refractivity contribution in [1.82, 2.24) is 25.1 Å². The van der Waals surface area contributed by atoms with Gasteiger partial charge in [0.05, 0.1) is 22.8 Å². The molecule has 8 heteroatoms. The van der Waals surface area contributed by atoms with Crippen LogP contribution in [-0.4, -0.2) is 25.7 Å². The molecule has 0 spiro atoms. The second-order valence-corrected chi connectivity index (χ2v) is 7.25. The second kappa shape index (κ2) is 8.15. The summed E-state index contributed by atoms with van der Waals surface area (Å²) in [7, 11) is 1.59. The third-order valence-corrected chi connectivity index (χ3v) is 5.29. The molecule has 0 aliphatic carbocycles. The van der Waals surface area contributed by atoms with Crippen LogP contribution < -0.4 is 10.9 Å². The smallest absolute Gasteiger partial charge is 0.280 e. The van der Waals surface area contributed by atoms with Gasteiger partial charge in [-0.2, -0.15) is 5.10 Å². The number of amides is 1. The molecule has 0 radical (unpaired) electrons. The Bertz CT molecular complexity index is 1200. The van der Waals surface area contributed by atoms with Gasteiger partial charge in [0.15, 0.2) is 5.01 Å². The van der Waals surface area contributed by atoms with Crippen molar-refractivity contribution >= 4 is 17.2 Å². The van der Waals surface area contributed by atoms with Crippen LogP contribution in [0.2, 0.25) is 0 Å². The van der Waals surface area contributed by atoms with Crippen LogP contribution in [0.4, 0.5) is 0 Å². The van der Waals surface area contributed by atoms with Crippen LogP contribution in [-0.2, 0) is 13.6 Å². The van der Waals surface area contributed by atoms with Gasteiger partial charge in [0.25, 0.3) is 11.5 Å². The second-order valence-electron chi connectivity index (χ2n) is 6.25. The molecule has 144 valence electrons. The molecule has 0 unspecified atom stereocenters. The van der Waals surface area contributed by atoms with Crippen molar-refractivity contribution in [1.29, 1.82) is 0 Å². The van der Waals surface area contributed by atoms with E-state index in [2.05, 4.69) is 20.4 Å². The van der Waals surface area contributed by atoms with E-state index >= 15 is 0 Å². The fourth-order valence-corrected chi connectivity index (χ4v) is 3.72. The number of carbonyl (C=O) groups is 1. The fourth-order valence-electron chi connectivity index (χ4n) is 2.76. The first-order chi connectivity index (χ1) is 14.1. The molecule has 4 aromatic rings. The highest BCUT2D eigenvalue weighted by molar-refractivity contribution is 7.17. The summed E-state index contributed by atoms with van der Waals surface area (Å²) in [5.41, 5.74) is 2.68. The summed E-state index contributed by atoms with van der Waals surface area (Å²) in [5, 5.41) is 7.50. The van der Waals surface area contributed by atoms with Crippen molar-refractivity contribution in [2.75, 3.05) is 0 Å². The highest BCUT2D eigenvalue weighted by Crippen LogP contribution is 2.35. The van der Waals surface area contributed by atoms with E-state index in [9.17, 15) is 9.59 Å². The first-order valence-corrected chi connectivity index (χ1v) is 9.72. The van der Waals surface area contributed by atoms with Crippen molar-refractivity contribution in [2.24, 2.45) is 7.05 Å². The number of pyridine rings is 1. The van der Waals surface area contributed by atoms with Gasteiger partial charge in [-0.1, -0.05) is 36.4 Å². The molecular formula is C21H17N5O2S. The molecule has 7 nitrogen and oxygen atoms in total. The van der Waals surface area contributed by atoms with Crippen LogP contribution in [0.1, 0.15) is 15.5 Å². The number of aryl methyl sites for hydroxylation is 1. The molecule has 0 aliphatic heterocycles. The first-order valence-electron chi connectivity index (χ1n) is 8.91. The quantitative estimate of drug-likeness (QED) is 0.553. The third kappa shape index (κ3) is 4.12. The summed E-state index contributed by atoms with van der Waals surface area (Å²) in [6, 6.07) is 18.2. The largest absolute Gasteiger partial charge is 0.344 e. The van der Waals surface area contributed by atoms with Crippen LogP contribution in [0.15, 0.2) is 71.7 Å². The number of aromatic nitrogens is 4. The maximum atomic E-state index is 12.7. The van der Waals surface area contributed by atoms with E-state index in [1.54, 1.807) is 19.3 Å². The Kier molecular flexibility index (Phi) is 5.26. The van der Waals surface area contributed by atoms with Gasteiger partial charge in [-0.3, -0.25) is 14.6 Å². The van der Waals surface area contributed by atoms with Crippen molar-refractivity contribution in [3.05, 3.63) is 87.9 Å². The lowest BCUT2D eigenvalue weighted by Gasteiger charge is -2.03. The van der Waals surface area contributed by atoms with E-state index in [0.717, 1.165) is 16.1 Å². The minimum Gasteiger partial charge on any atom is -0.344 e. The topological polar surface area (TPSA) is 89.8 Å². The lowest BCUT2D eigenvalue weighted by atomic mass is 10.1. The number of nitrogens with zero attached hydrogens (tertiary/aromatic N) is 4. The highest BCUT2D eigenvalue weighted by Gasteiger charge is 2.20. The summed E-state index contributed by atoms with van der Waals surface area (Å²) in [4.78, 5) is 33.9. The molecule has 0 bridgehead atoms. The molecule has 1 amide bonds. The molecule has 1 N–H and O–H groups in total. The highest BCUT2D eigenvalue weighted by atomic mass is 32.1. The number of hydrogen-bond acceptors (Lipinski definition) is 6. The van der Waals surface area contributed by atoms with Gasteiger partial charge in [0.2, 0.25) is 0 Å². The number of benzene rings is 1. The predicted octanol–water partition coefficient (Wildman–Crippen LogP) is 2.90. The van der Waals surface area contributed by atoms with Crippen molar-refractivity contribution < 1.29 is 4.79 Å². The SMILES string of the molecule is Cn1nc(-c2sc(C(=O)NCc3ccccn3)nc2-c2ccccc2)ccc1=O. The van der Waals surface area contributed by atoms with Gasteiger partial charge in [-0.15, -0.1) is 11.3 Å². The van der Waals surface area contributed by atoms with Gasteiger partial charge in [0, 0.05) is 24.9 Å². The van der Waals surface area contributed by atoms with Crippen molar-refractivity contribution in [2.45, 2.75) is 6.54 Å². The summed E-state index contributed by atoms with van der Waals surface area (Å²) < 4.78 is 1.27. The Labute approximate surface area is 170 Å². The third-order valence-electron chi connectivity index (χ3n) is 4.22. The maximum Gasteiger partial charge on any atom is 0.280 e. The van der Waals surface area contributed by atoms with Gasteiger partial charge in [0.1, 0.15) is 5.69 Å². The molecule has 0 atom stereocenters. The van der Waals surface area contributed by atoms with E-state index in [-0.39, 0.29) is 11.5 Å². The maximum absolute atomic E-state index is 12.7. The number of carbonyl (C=O) groups excluding carboxylic acids is 1. The van der Waals surface area contributed by atoms with Gasteiger partial charge in [-0.05, 0) is 18.2 Å². The average Bonchev–Trinajstić information content (AvgIpc) is 3.21. The zero-order chi connectivity index (χ0) is 20.2. The first kappa shape index (κ1) is 18.7. The Morgan fingerprint density at radius 3 is 2.59 bits per heavy atom. The molecule has 0 saturated carbocycles. The summed E-state index contributed by atoms with van der Waals surface area (Å²) in [5.74, 6) is -0.283. The summed E-state index contributed by atoms with van der Waals surface area (Å²) in [6.45, 7) is 0.313. The Morgan fingerprint density at radius 1 is 1.07 bits per heavy atom. The Balaban J connectivity index is 1.70. The lowest BCUT2D eigenvalue weighted by Crippen LogP contribution is -2.23. The Hall–Kier alpha value is -3.65. The normalized spacial score (nSPS) is 10.7. The van der Waals surface area contributed by atoms with E-state index in [1.807, 2.05) is 48.5 Å². The molecule has 0 aliphatic rings. The van der Waals surface area contributed by atoms with Crippen LogP contribution in [0, 0.1) is 0 Å². The van der Waals surface area contributed by atoms with E-state index in [0.29, 0.717) is 22.9 Å². The number of rotatable bonds is 5. The number of thiazole rings is 1. The molecule has 3 heterocycles.